The van der Waals surface area contributed by atoms with Gasteiger partial charge in [0.1, 0.15) is 0 Å². The molecule has 0 radical (unpaired) electrons. The molecule has 6 heteroatoms. The lowest BCUT2D eigenvalue weighted by Crippen LogP contribution is -2.45. The maximum Gasteiger partial charge on any atom is 0.305 e. The summed E-state index contributed by atoms with van der Waals surface area (Å²) in [4.78, 5) is 24.6. The summed E-state index contributed by atoms with van der Waals surface area (Å²) in [5, 5.41) is 23.3. The predicted molar refractivity (Wildman–Crippen MR) is 380 cm³/mol. The van der Waals surface area contributed by atoms with E-state index in [-0.39, 0.29) is 18.5 Å². The van der Waals surface area contributed by atoms with Gasteiger partial charge in [-0.2, -0.15) is 0 Å². The van der Waals surface area contributed by atoms with Gasteiger partial charge in [-0.1, -0.05) is 404 Å². The minimum atomic E-state index is -0.844. The van der Waals surface area contributed by atoms with E-state index in [4.69, 9.17) is 4.74 Å². The summed E-state index contributed by atoms with van der Waals surface area (Å²) in [6, 6.07) is -0.627. The van der Waals surface area contributed by atoms with E-state index in [1.807, 2.05) is 6.08 Å². The van der Waals surface area contributed by atoms with Gasteiger partial charge < -0.3 is 20.3 Å². The molecule has 0 aliphatic rings. The van der Waals surface area contributed by atoms with Gasteiger partial charge in [0.2, 0.25) is 5.91 Å². The zero-order chi connectivity index (χ0) is 62.0. The third-order valence-electron chi connectivity index (χ3n) is 18.7. The number of esters is 1. The van der Waals surface area contributed by atoms with Gasteiger partial charge in [-0.15, -0.1) is 0 Å². The van der Waals surface area contributed by atoms with Crippen molar-refractivity contribution in [2.75, 3.05) is 13.2 Å². The Balaban J connectivity index is 3.37. The number of ether oxygens (including phenoxy) is 1. The number of aliphatic hydroxyl groups is 2. The number of aliphatic hydroxyl groups excluding tert-OH is 2. The molecule has 0 aliphatic heterocycles. The van der Waals surface area contributed by atoms with Crippen molar-refractivity contribution in [1.29, 1.82) is 0 Å². The van der Waals surface area contributed by atoms with E-state index in [9.17, 15) is 19.8 Å². The van der Waals surface area contributed by atoms with Gasteiger partial charge in [-0.25, -0.2) is 0 Å². The molecule has 0 bridgehead atoms. The van der Waals surface area contributed by atoms with E-state index in [0.717, 1.165) is 38.5 Å². The van der Waals surface area contributed by atoms with Gasteiger partial charge in [-0.05, 0) is 57.8 Å². The molecule has 2 unspecified atom stereocenters. The van der Waals surface area contributed by atoms with Gasteiger partial charge in [0.25, 0.3) is 0 Å². The highest BCUT2D eigenvalue weighted by atomic mass is 16.5. The van der Waals surface area contributed by atoms with Crippen molar-refractivity contribution in [1.82, 2.24) is 5.32 Å². The highest BCUT2D eigenvalue weighted by Gasteiger charge is 2.18. The first-order valence-corrected chi connectivity index (χ1v) is 39.6. The van der Waals surface area contributed by atoms with Crippen LogP contribution in [0.5, 0.6) is 0 Å². The standard InChI is InChI=1S/C80H155NO5/c1-3-5-7-9-11-13-15-17-19-21-22-23-35-38-41-44-48-52-56-60-64-68-72-78(83)77(76-82)81-79(84)73-69-65-61-57-53-49-45-42-39-36-33-31-29-27-25-24-26-28-30-32-34-37-40-43-47-51-55-59-63-67-71-75-86-80(85)74-70-66-62-58-54-50-46-20-18-16-14-12-10-8-6-4-2/h26,28,68,72,77-78,82-83H,3-25,27,29-67,69-71,73-76H2,1-2H3,(H,81,84)/b28-26-,72-68+. The zero-order valence-electron chi connectivity index (χ0n) is 58.6. The summed E-state index contributed by atoms with van der Waals surface area (Å²) in [5.74, 6) is -0.0390. The summed E-state index contributed by atoms with van der Waals surface area (Å²) in [7, 11) is 0. The van der Waals surface area contributed by atoms with E-state index in [1.54, 1.807) is 6.08 Å². The number of amides is 1. The number of unbranched alkanes of at least 4 members (excludes halogenated alkanes) is 62. The van der Waals surface area contributed by atoms with Crippen LogP contribution in [-0.4, -0.2) is 47.4 Å². The van der Waals surface area contributed by atoms with Crippen molar-refractivity contribution < 1.29 is 24.5 Å². The third kappa shape index (κ3) is 71.4. The van der Waals surface area contributed by atoms with E-state index in [0.29, 0.717) is 19.4 Å². The fourth-order valence-electron chi connectivity index (χ4n) is 12.7. The van der Waals surface area contributed by atoms with Crippen molar-refractivity contribution >= 4 is 11.9 Å². The summed E-state index contributed by atoms with van der Waals surface area (Å²) in [5.41, 5.74) is 0. The van der Waals surface area contributed by atoms with Crippen molar-refractivity contribution in [2.45, 2.75) is 463 Å². The molecule has 86 heavy (non-hydrogen) atoms. The lowest BCUT2D eigenvalue weighted by Gasteiger charge is -2.20. The highest BCUT2D eigenvalue weighted by molar-refractivity contribution is 5.76. The average molecular weight is 1210 g/mol. The van der Waals surface area contributed by atoms with Crippen LogP contribution >= 0.6 is 0 Å². The summed E-state index contributed by atoms with van der Waals surface area (Å²) >= 11 is 0. The number of hydrogen-bond donors (Lipinski definition) is 3. The molecule has 0 aromatic heterocycles. The van der Waals surface area contributed by atoms with Crippen LogP contribution < -0.4 is 5.32 Å². The first kappa shape index (κ1) is 84.3. The number of carbonyl (C=O) groups excluding carboxylic acids is 2. The second kappa shape index (κ2) is 75.8. The Bertz CT molecular complexity index is 1350. The van der Waals surface area contributed by atoms with Crippen LogP contribution in [0.15, 0.2) is 24.3 Å². The molecule has 0 saturated carbocycles. The molecule has 6 nitrogen and oxygen atoms in total. The van der Waals surface area contributed by atoms with Crippen LogP contribution in [0.2, 0.25) is 0 Å². The van der Waals surface area contributed by atoms with Crippen molar-refractivity contribution in [3.8, 4) is 0 Å². The molecule has 510 valence electrons. The molecular formula is C80H155NO5. The maximum absolute atomic E-state index is 12.5. The molecule has 3 N–H and O–H groups in total. The van der Waals surface area contributed by atoms with E-state index in [1.165, 1.54) is 385 Å². The Morgan fingerprint density at radius 2 is 0.547 bits per heavy atom. The first-order chi connectivity index (χ1) is 42.5. The highest BCUT2D eigenvalue weighted by Crippen LogP contribution is 2.20. The van der Waals surface area contributed by atoms with E-state index in [2.05, 4.69) is 31.3 Å². The average Bonchev–Trinajstić information content (AvgIpc) is 3.59. The number of hydrogen-bond acceptors (Lipinski definition) is 5. The van der Waals surface area contributed by atoms with Gasteiger partial charge in [0, 0.05) is 12.8 Å². The topological polar surface area (TPSA) is 95.9 Å². The summed E-state index contributed by atoms with van der Waals surface area (Å²) in [6.45, 7) is 4.96. The smallest absolute Gasteiger partial charge is 0.305 e. The molecule has 0 rings (SSSR count). The fourth-order valence-corrected chi connectivity index (χ4v) is 12.7. The second-order valence-electron chi connectivity index (χ2n) is 27.4. The van der Waals surface area contributed by atoms with Crippen molar-refractivity contribution in [3.05, 3.63) is 24.3 Å². The number of rotatable bonds is 75. The molecular weight excluding hydrogens is 1050 g/mol. The van der Waals surface area contributed by atoms with Crippen molar-refractivity contribution in [3.63, 3.8) is 0 Å². The Hall–Kier alpha value is -1.66. The second-order valence-corrected chi connectivity index (χ2v) is 27.4. The normalized spacial score (nSPS) is 12.6. The van der Waals surface area contributed by atoms with Crippen LogP contribution in [0.4, 0.5) is 0 Å². The zero-order valence-corrected chi connectivity index (χ0v) is 58.6. The van der Waals surface area contributed by atoms with E-state index < -0.39 is 12.1 Å². The van der Waals surface area contributed by atoms with Gasteiger partial charge >= 0.3 is 5.97 Å². The summed E-state index contributed by atoms with van der Waals surface area (Å²) in [6.07, 6.45) is 97.3. The molecule has 0 aromatic rings. The van der Waals surface area contributed by atoms with Crippen molar-refractivity contribution in [2.24, 2.45) is 0 Å². The molecule has 0 heterocycles. The van der Waals surface area contributed by atoms with Crippen LogP contribution in [-0.2, 0) is 14.3 Å². The molecule has 2 atom stereocenters. The molecule has 0 aromatic carbocycles. The molecule has 0 aliphatic carbocycles. The van der Waals surface area contributed by atoms with E-state index >= 15 is 0 Å². The number of allylic oxidation sites excluding steroid dienone is 3. The molecule has 0 spiro atoms. The van der Waals surface area contributed by atoms with Gasteiger partial charge in [-0.3, -0.25) is 9.59 Å². The fraction of sp³-hybridized carbons (Fsp3) is 0.925. The Morgan fingerprint density at radius 1 is 0.314 bits per heavy atom. The van der Waals surface area contributed by atoms with Crippen LogP contribution in [0.1, 0.15) is 450 Å². The minimum Gasteiger partial charge on any atom is -0.466 e. The number of nitrogens with one attached hydrogen (secondary N) is 1. The van der Waals surface area contributed by atoms with Gasteiger partial charge in [0.15, 0.2) is 0 Å². The van der Waals surface area contributed by atoms with Crippen LogP contribution in [0.25, 0.3) is 0 Å². The van der Waals surface area contributed by atoms with Crippen LogP contribution in [0.3, 0.4) is 0 Å². The lowest BCUT2D eigenvalue weighted by molar-refractivity contribution is -0.143. The molecule has 0 saturated heterocycles. The SMILES string of the molecule is CCCCCCCCCCCCCCCCCCCCCC/C=C/C(O)C(CO)NC(=O)CCCCCCCCCCCCCCCCC/C=C\CCCCCCCCCCCCCCOC(=O)CCCCCCCCCCCCCCCCCC. The number of carbonyl (C=O) groups is 2. The van der Waals surface area contributed by atoms with Crippen LogP contribution in [0, 0.1) is 0 Å². The molecule has 0 fully saturated rings. The Morgan fingerprint density at radius 3 is 0.826 bits per heavy atom. The predicted octanol–water partition coefficient (Wildman–Crippen LogP) is 26.0. The summed E-state index contributed by atoms with van der Waals surface area (Å²) < 4.78 is 5.51. The lowest BCUT2D eigenvalue weighted by atomic mass is 10.0. The quantitative estimate of drug-likeness (QED) is 0.0320. The maximum atomic E-state index is 12.5. The monoisotopic (exact) mass is 1210 g/mol. The Kier molecular flexibility index (Phi) is 74.3. The molecule has 1 amide bonds. The minimum absolute atomic E-state index is 0.0219. The largest absolute Gasteiger partial charge is 0.466 e. The van der Waals surface area contributed by atoms with Gasteiger partial charge in [0.05, 0.1) is 25.4 Å². The Labute approximate surface area is 539 Å². The first-order valence-electron chi connectivity index (χ1n) is 39.6. The third-order valence-corrected chi connectivity index (χ3v) is 18.7.